The van der Waals surface area contributed by atoms with Gasteiger partial charge in [0.1, 0.15) is 5.82 Å². The SMILES string of the molecule is CCCN(CCc1ccnc(N)c1)C(=O)CCC(=O)NCCC(=O)OCC. The molecule has 8 heteroatoms. The molecule has 1 rings (SSSR count). The lowest BCUT2D eigenvalue weighted by Crippen LogP contribution is -2.35. The molecule has 0 aliphatic heterocycles. The van der Waals surface area contributed by atoms with Crippen molar-refractivity contribution in [3.8, 4) is 0 Å². The molecule has 0 spiro atoms. The molecule has 1 aromatic heterocycles. The number of nitrogens with two attached hydrogens (primary N) is 1. The van der Waals surface area contributed by atoms with E-state index in [4.69, 9.17) is 10.5 Å². The molecule has 27 heavy (non-hydrogen) atoms. The van der Waals surface area contributed by atoms with Crippen molar-refractivity contribution in [1.82, 2.24) is 15.2 Å². The number of ether oxygens (including phenoxy) is 1. The predicted molar refractivity (Wildman–Crippen MR) is 103 cm³/mol. The highest BCUT2D eigenvalue weighted by molar-refractivity contribution is 5.84. The Morgan fingerprint density at radius 1 is 1.19 bits per heavy atom. The van der Waals surface area contributed by atoms with Crippen LogP contribution < -0.4 is 11.1 Å². The lowest BCUT2D eigenvalue weighted by molar-refractivity contribution is -0.143. The van der Waals surface area contributed by atoms with Gasteiger partial charge in [-0.3, -0.25) is 14.4 Å². The van der Waals surface area contributed by atoms with Crippen LogP contribution >= 0.6 is 0 Å². The van der Waals surface area contributed by atoms with E-state index in [0.29, 0.717) is 31.9 Å². The second-order valence-electron chi connectivity index (χ2n) is 6.12. The minimum absolute atomic E-state index is 0.0561. The Bertz CT molecular complexity index is 621. The van der Waals surface area contributed by atoms with Crippen molar-refractivity contribution in [3.05, 3.63) is 23.9 Å². The molecule has 8 nitrogen and oxygen atoms in total. The van der Waals surface area contributed by atoms with Gasteiger partial charge in [-0.2, -0.15) is 0 Å². The monoisotopic (exact) mass is 378 g/mol. The van der Waals surface area contributed by atoms with Crippen molar-refractivity contribution in [1.29, 1.82) is 0 Å². The Morgan fingerprint density at radius 2 is 1.96 bits per heavy atom. The van der Waals surface area contributed by atoms with Gasteiger partial charge >= 0.3 is 5.97 Å². The summed E-state index contributed by atoms with van der Waals surface area (Å²) in [5.41, 5.74) is 6.70. The number of nitrogen functional groups attached to an aromatic ring is 1. The number of carbonyl (C=O) groups excluding carboxylic acids is 3. The summed E-state index contributed by atoms with van der Waals surface area (Å²) in [6.45, 7) is 5.49. The number of rotatable bonds is 12. The molecule has 0 atom stereocenters. The number of anilines is 1. The van der Waals surface area contributed by atoms with Crippen LogP contribution in [0.2, 0.25) is 0 Å². The van der Waals surface area contributed by atoms with E-state index in [1.54, 1.807) is 24.1 Å². The number of aromatic nitrogens is 1. The van der Waals surface area contributed by atoms with Crippen LogP contribution in [0.4, 0.5) is 5.82 Å². The second-order valence-corrected chi connectivity index (χ2v) is 6.12. The third-order valence-corrected chi connectivity index (χ3v) is 3.88. The zero-order valence-corrected chi connectivity index (χ0v) is 16.2. The van der Waals surface area contributed by atoms with Gasteiger partial charge in [0.25, 0.3) is 0 Å². The highest BCUT2D eigenvalue weighted by Gasteiger charge is 2.15. The number of hydrogen-bond acceptors (Lipinski definition) is 6. The average Bonchev–Trinajstić information content (AvgIpc) is 2.63. The van der Waals surface area contributed by atoms with Crippen molar-refractivity contribution in [2.24, 2.45) is 0 Å². The van der Waals surface area contributed by atoms with Crippen molar-refractivity contribution < 1.29 is 19.1 Å². The van der Waals surface area contributed by atoms with Crippen LogP contribution in [-0.4, -0.2) is 53.9 Å². The molecule has 1 heterocycles. The van der Waals surface area contributed by atoms with Gasteiger partial charge in [0.15, 0.2) is 0 Å². The molecule has 0 aromatic carbocycles. The molecule has 0 fully saturated rings. The summed E-state index contributed by atoms with van der Waals surface area (Å²) in [7, 11) is 0. The van der Waals surface area contributed by atoms with Crippen molar-refractivity contribution >= 4 is 23.6 Å². The molecule has 0 unspecified atom stereocenters. The first kappa shape index (κ1) is 22.4. The maximum absolute atomic E-state index is 12.4. The molecular formula is C19H30N4O4. The predicted octanol–water partition coefficient (Wildman–Crippen LogP) is 1.29. The standard InChI is InChI=1S/C19H30N4O4/c1-3-12-23(13-9-15-7-10-21-16(20)14-15)18(25)6-5-17(24)22-11-8-19(26)27-4-2/h7,10,14H,3-6,8-9,11-13H2,1-2H3,(H2,20,21)(H,22,24). The first-order valence-corrected chi connectivity index (χ1v) is 9.36. The topological polar surface area (TPSA) is 115 Å². The Morgan fingerprint density at radius 3 is 2.63 bits per heavy atom. The quantitative estimate of drug-likeness (QED) is 0.530. The number of amides is 2. The first-order valence-electron chi connectivity index (χ1n) is 9.36. The molecule has 150 valence electrons. The summed E-state index contributed by atoms with van der Waals surface area (Å²) in [5, 5.41) is 2.63. The van der Waals surface area contributed by atoms with E-state index in [9.17, 15) is 14.4 Å². The Labute approximate surface area is 160 Å². The number of carbonyl (C=O) groups is 3. The zero-order valence-electron chi connectivity index (χ0n) is 16.2. The lowest BCUT2D eigenvalue weighted by atomic mass is 10.1. The van der Waals surface area contributed by atoms with Gasteiger partial charge in [-0.05, 0) is 37.5 Å². The molecule has 1 aromatic rings. The van der Waals surface area contributed by atoms with Crippen LogP contribution in [0.15, 0.2) is 18.3 Å². The average molecular weight is 378 g/mol. The summed E-state index contributed by atoms with van der Waals surface area (Å²) in [5.74, 6) is -0.189. The van der Waals surface area contributed by atoms with Crippen molar-refractivity contribution in [2.75, 3.05) is 32.0 Å². The van der Waals surface area contributed by atoms with Crippen LogP contribution in [0.25, 0.3) is 0 Å². The van der Waals surface area contributed by atoms with E-state index in [-0.39, 0.29) is 43.6 Å². The van der Waals surface area contributed by atoms with Crippen LogP contribution in [-0.2, 0) is 25.5 Å². The van der Waals surface area contributed by atoms with Gasteiger partial charge in [0.05, 0.1) is 13.0 Å². The Hall–Kier alpha value is -2.64. The van der Waals surface area contributed by atoms with E-state index in [1.807, 2.05) is 13.0 Å². The number of hydrogen-bond donors (Lipinski definition) is 2. The van der Waals surface area contributed by atoms with Crippen LogP contribution in [0.3, 0.4) is 0 Å². The van der Waals surface area contributed by atoms with Gasteiger partial charge < -0.3 is 20.7 Å². The lowest BCUT2D eigenvalue weighted by Gasteiger charge is -2.22. The van der Waals surface area contributed by atoms with Gasteiger partial charge in [-0.15, -0.1) is 0 Å². The fourth-order valence-corrected chi connectivity index (χ4v) is 2.55. The fourth-order valence-electron chi connectivity index (χ4n) is 2.55. The molecule has 0 saturated heterocycles. The largest absolute Gasteiger partial charge is 0.466 e. The fraction of sp³-hybridized carbons (Fsp3) is 0.579. The maximum Gasteiger partial charge on any atom is 0.307 e. The third kappa shape index (κ3) is 9.58. The number of pyridine rings is 1. The first-order chi connectivity index (χ1) is 13.0. The molecule has 0 aliphatic carbocycles. The van der Waals surface area contributed by atoms with E-state index < -0.39 is 0 Å². The molecule has 0 saturated carbocycles. The molecule has 0 aliphatic rings. The smallest absolute Gasteiger partial charge is 0.307 e. The van der Waals surface area contributed by atoms with Crippen molar-refractivity contribution in [3.63, 3.8) is 0 Å². The van der Waals surface area contributed by atoms with E-state index in [2.05, 4.69) is 10.3 Å². The van der Waals surface area contributed by atoms with E-state index in [1.165, 1.54) is 0 Å². The van der Waals surface area contributed by atoms with Gasteiger partial charge in [-0.25, -0.2) is 4.98 Å². The summed E-state index contributed by atoms with van der Waals surface area (Å²) < 4.78 is 4.79. The van der Waals surface area contributed by atoms with Crippen LogP contribution in [0.5, 0.6) is 0 Å². The van der Waals surface area contributed by atoms with E-state index >= 15 is 0 Å². The zero-order chi connectivity index (χ0) is 20.1. The highest BCUT2D eigenvalue weighted by Crippen LogP contribution is 2.07. The number of nitrogens with one attached hydrogen (secondary N) is 1. The Balaban J connectivity index is 2.37. The summed E-state index contributed by atoms with van der Waals surface area (Å²) in [4.78, 5) is 41.2. The van der Waals surface area contributed by atoms with Crippen LogP contribution in [0, 0.1) is 0 Å². The number of nitrogens with zero attached hydrogens (tertiary/aromatic N) is 2. The van der Waals surface area contributed by atoms with Gasteiger partial charge in [0, 0.05) is 38.7 Å². The molecule has 3 N–H and O–H groups in total. The van der Waals surface area contributed by atoms with Crippen molar-refractivity contribution in [2.45, 2.75) is 46.0 Å². The van der Waals surface area contributed by atoms with Crippen LogP contribution in [0.1, 0.15) is 45.1 Å². The molecular weight excluding hydrogens is 348 g/mol. The molecule has 0 bridgehead atoms. The molecule has 0 radical (unpaired) electrons. The highest BCUT2D eigenvalue weighted by atomic mass is 16.5. The van der Waals surface area contributed by atoms with Gasteiger partial charge in [0.2, 0.25) is 11.8 Å². The van der Waals surface area contributed by atoms with E-state index in [0.717, 1.165) is 12.0 Å². The summed E-state index contributed by atoms with van der Waals surface area (Å²) in [6.07, 6.45) is 3.55. The van der Waals surface area contributed by atoms with Gasteiger partial charge in [-0.1, -0.05) is 6.92 Å². The second kappa shape index (κ2) is 12.7. The molecule has 2 amide bonds. The Kier molecular flexibility index (Phi) is 10.5. The maximum atomic E-state index is 12.4. The summed E-state index contributed by atoms with van der Waals surface area (Å²) >= 11 is 0. The third-order valence-electron chi connectivity index (χ3n) is 3.88. The minimum Gasteiger partial charge on any atom is -0.466 e. The number of esters is 1. The summed E-state index contributed by atoms with van der Waals surface area (Å²) in [6, 6.07) is 3.67. The normalized spacial score (nSPS) is 10.3. The minimum atomic E-state index is -0.347.